The zero-order valence-electron chi connectivity index (χ0n) is 7.95. The first kappa shape index (κ1) is 10.5. The number of aliphatic carboxylic acids is 1. The molecule has 1 aliphatic carbocycles. The molecule has 1 saturated carbocycles. The van der Waals surface area contributed by atoms with Gasteiger partial charge in [-0.1, -0.05) is 6.58 Å². The topological polar surface area (TPSA) is 63.6 Å². The van der Waals surface area contributed by atoms with E-state index >= 15 is 0 Å². The van der Waals surface area contributed by atoms with Gasteiger partial charge < -0.3 is 9.84 Å². The van der Waals surface area contributed by atoms with Crippen LogP contribution in [0.2, 0.25) is 0 Å². The number of hydrogen-bond acceptors (Lipinski definition) is 3. The molecule has 1 aliphatic rings. The number of carboxylic acid groups (broad SMARTS) is 1. The lowest BCUT2D eigenvalue weighted by molar-refractivity contribution is -0.139. The number of rotatable bonds is 4. The Labute approximate surface area is 81.9 Å². The molecule has 0 spiro atoms. The van der Waals surface area contributed by atoms with Crippen molar-refractivity contribution in [1.82, 2.24) is 0 Å². The Morgan fingerprint density at radius 2 is 2.07 bits per heavy atom. The Morgan fingerprint density at radius 1 is 1.50 bits per heavy atom. The summed E-state index contributed by atoms with van der Waals surface area (Å²) >= 11 is 0. The van der Waals surface area contributed by atoms with Gasteiger partial charge in [-0.2, -0.15) is 0 Å². The van der Waals surface area contributed by atoms with Crippen LogP contribution in [0.15, 0.2) is 23.8 Å². The highest BCUT2D eigenvalue weighted by Gasteiger charge is 2.26. The Kier molecular flexibility index (Phi) is 3.06. The summed E-state index contributed by atoms with van der Waals surface area (Å²) in [6.45, 7) is 4.84. The molecule has 0 atom stereocenters. The van der Waals surface area contributed by atoms with Gasteiger partial charge in [0.1, 0.15) is 6.10 Å². The number of ether oxygens (including phenoxy) is 1. The van der Waals surface area contributed by atoms with Crippen LogP contribution in [0.3, 0.4) is 0 Å². The molecule has 0 aliphatic heterocycles. The first-order chi connectivity index (χ1) is 6.50. The minimum absolute atomic E-state index is 0.0118. The molecule has 0 bridgehead atoms. The molecule has 0 unspecified atom stereocenters. The molecule has 0 aromatic rings. The number of carbonyl (C=O) groups is 2. The van der Waals surface area contributed by atoms with Gasteiger partial charge in [-0.05, 0) is 25.8 Å². The van der Waals surface area contributed by atoms with E-state index in [2.05, 4.69) is 6.58 Å². The van der Waals surface area contributed by atoms with Crippen LogP contribution in [0.1, 0.15) is 19.8 Å². The van der Waals surface area contributed by atoms with Crippen LogP contribution in [0.4, 0.5) is 0 Å². The highest BCUT2D eigenvalue weighted by Crippen LogP contribution is 2.24. The Balaban J connectivity index is 2.51. The maximum atomic E-state index is 11.2. The van der Waals surface area contributed by atoms with Crippen LogP contribution in [-0.4, -0.2) is 23.1 Å². The maximum absolute atomic E-state index is 11.2. The summed E-state index contributed by atoms with van der Waals surface area (Å²) in [6, 6.07) is 0. The second-order valence-electron chi connectivity index (χ2n) is 3.26. The molecule has 76 valence electrons. The SMILES string of the molecule is C=C(C=C(C)C(=O)O)C(=O)OC1CC1. The quantitative estimate of drug-likeness (QED) is 0.418. The highest BCUT2D eigenvalue weighted by molar-refractivity contribution is 5.95. The molecule has 0 amide bonds. The normalized spacial score (nSPS) is 16.2. The molecule has 0 radical (unpaired) electrons. The van der Waals surface area contributed by atoms with E-state index in [-0.39, 0.29) is 17.3 Å². The van der Waals surface area contributed by atoms with Gasteiger partial charge in [-0.15, -0.1) is 0 Å². The largest absolute Gasteiger partial charge is 0.478 e. The summed E-state index contributed by atoms with van der Waals surface area (Å²) in [5, 5.41) is 8.55. The molecule has 14 heavy (non-hydrogen) atoms. The van der Waals surface area contributed by atoms with E-state index in [1.807, 2.05) is 0 Å². The summed E-state index contributed by atoms with van der Waals surface area (Å²) in [5.41, 5.74) is 0.152. The van der Waals surface area contributed by atoms with Gasteiger partial charge in [0.15, 0.2) is 0 Å². The second-order valence-corrected chi connectivity index (χ2v) is 3.26. The smallest absolute Gasteiger partial charge is 0.337 e. The summed E-state index contributed by atoms with van der Waals surface area (Å²) in [4.78, 5) is 21.6. The Morgan fingerprint density at radius 3 is 2.50 bits per heavy atom. The summed E-state index contributed by atoms with van der Waals surface area (Å²) in [5.74, 6) is -1.60. The lowest BCUT2D eigenvalue weighted by atomic mass is 10.2. The van der Waals surface area contributed by atoms with Crippen molar-refractivity contribution >= 4 is 11.9 Å². The molecule has 1 rings (SSSR count). The predicted molar refractivity (Wildman–Crippen MR) is 49.6 cm³/mol. The average Bonchev–Trinajstić information content (AvgIpc) is 2.87. The van der Waals surface area contributed by atoms with Crippen LogP contribution in [0.5, 0.6) is 0 Å². The van der Waals surface area contributed by atoms with Crippen molar-refractivity contribution in [3.8, 4) is 0 Å². The van der Waals surface area contributed by atoms with Crippen molar-refractivity contribution in [2.24, 2.45) is 0 Å². The number of carbonyl (C=O) groups excluding carboxylic acids is 1. The molecular formula is C10H12O4. The van der Waals surface area contributed by atoms with Crippen molar-refractivity contribution < 1.29 is 19.4 Å². The second kappa shape index (κ2) is 4.09. The number of hydrogen-bond donors (Lipinski definition) is 1. The lowest BCUT2D eigenvalue weighted by Gasteiger charge is -2.01. The third-order valence-corrected chi connectivity index (χ3v) is 1.79. The number of carboxylic acids is 1. The molecule has 1 fully saturated rings. The third kappa shape index (κ3) is 3.05. The van der Waals surface area contributed by atoms with Gasteiger partial charge in [0, 0.05) is 5.57 Å². The van der Waals surface area contributed by atoms with Crippen molar-refractivity contribution in [3.63, 3.8) is 0 Å². The Bertz CT molecular complexity index is 310. The van der Waals surface area contributed by atoms with E-state index in [1.165, 1.54) is 13.0 Å². The molecule has 4 heteroatoms. The van der Waals surface area contributed by atoms with Gasteiger partial charge in [-0.3, -0.25) is 0 Å². The van der Waals surface area contributed by atoms with E-state index in [1.54, 1.807) is 0 Å². The van der Waals surface area contributed by atoms with Crippen LogP contribution < -0.4 is 0 Å². The Hall–Kier alpha value is -1.58. The van der Waals surface area contributed by atoms with Crippen LogP contribution in [0.25, 0.3) is 0 Å². The standard InChI is InChI=1S/C10H12O4/c1-6(9(11)12)5-7(2)10(13)14-8-3-4-8/h5,8H,2-4H2,1H3,(H,11,12). The van der Waals surface area contributed by atoms with Crippen molar-refractivity contribution in [1.29, 1.82) is 0 Å². The minimum atomic E-state index is -1.06. The first-order valence-corrected chi connectivity index (χ1v) is 4.32. The van der Waals surface area contributed by atoms with Crippen LogP contribution >= 0.6 is 0 Å². The predicted octanol–water partition coefficient (Wildman–Crippen LogP) is 1.28. The van der Waals surface area contributed by atoms with Crippen molar-refractivity contribution in [2.45, 2.75) is 25.9 Å². The fraction of sp³-hybridized carbons (Fsp3) is 0.400. The van der Waals surface area contributed by atoms with Gasteiger partial charge in [0.25, 0.3) is 0 Å². The average molecular weight is 196 g/mol. The highest BCUT2D eigenvalue weighted by atomic mass is 16.5. The van der Waals surface area contributed by atoms with Crippen molar-refractivity contribution in [3.05, 3.63) is 23.8 Å². The van der Waals surface area contributed by atoms with Gasteiger partial charge in [0.05, 0.1) is 5.57 Å². The van der Waals surface area contributed by atoms with Gasteiger partial charge >= 0.3 is 11.9 Å². The van der Waals surface area contributed by atoms with Crippen molar-refractivity contribution in [2.75, 3.05) is 0 Å². The van der Waals surface area contributed by atoms with Crippen LogP contribution in [-0.2, 0) is 14.3 Å². The molecule has 0 aromatic heterocycles. The molecule has 1 N–H and O–H groups in total. The molecule has 0 heterocycles. The minimum Gasteiger partial charge on any atom is -0.478 e. The summed E-state index contributed by atoms with van der Waals surface area (Å²) in [7, 11) is 0. The van der Waals surface area contributed by atoms with E-state index < -0.39 is 11.9 Å². The first-order valence-electron chi connectivity index (χ1n) is 4.32. The summed E-state index contributed by atoms with van der Waals surface area (Å²) < 4.78 is 4.93. The van der Waals surface area contributed by atoms with E-state index in [9.17, 15) is 9.59 Å². The zero-order chi connectivity index (χ0) is 10.7. The lowest BCUT2D eigenvalue weighted by Crippen LogP contribution is -2.08. The molecule has 0 saturated heterocycles. The monoisotopic (exact) mass is 196 g/mol. The van der Waals surface area contributed by atoms with Crippen LogP contribution in [0, 0.1) is 0 Å². The molecular weight excluding hydrogens is 184 g/mol. The van der Waals surface area contributed by atoms with Gasteiger partial charge in [-0.25, -0.2) is 9.59 Å². The number of esters is 1. The maximum Gasteiger partial charge on any atom is 0.337 e. The summed E-state index contributed by atoms with van der Waals surface area (Å²) in [6.07, 6.45) is 3.01. The van der Waals surface area contributed by atoms with E-state index in [4.69, 9.17) is 9.84 Å². The van der Waals surface area contributed by atoms with Gasteiger partial charge in [0.2, 0.25) is 0 Å². The third-order valence-electron chi connectivity index (χ3n) is 1.79. The fourth-order valence-electron chi connectivity index (χ4n) is 0.795. The zero-order valence-corrected chi connectivity index (χ0v) is 7.95. The van der Waals surface area contributed by atoms with E-state index in [0.717, 1.165) is 12.8 Å². The fourth-order valence-corrected chi connectivity index (χ4v) is 0.795. The molecule has 0 aromatic carbocycles. The van der Waals surface area contributed by atoms with E-state index in [0.29, 0.717) is 0 Å². The molecule has 4 nitrogen and oxygen atoms in total.